The Morgan fingerprint density at radius 3 is 2.77 bits per heavy atom. The molecule has 0 saturated heterocycles. The smallest absolute Gasteiger partial charge is 0.156 e. The molecular weight excluding hydrogens is 272 g/mol. The van der Waals surface area contributed by atoms with E-state index >= 15 is 0 Å². The van der Waals surface area contributed by atoms with Gasteiger partial charge in [0, 0.05) is 6.42 Å². The lowest BCUT2D eigenvalue weighted by molar-refractivity contribution is -0.114. The van der Waals surface area contributed by atoms with Gasteiger partial charge in [-0.15, -0.1) is 0 Å². The maximum Gasteiger partial charge on any atom is 0.156 e. The number of hydrogen-bond donors (Lipinski definition) is 1. The van der Waals surface area contributed by atoms with Crippen LogP contribution in [0.5, 0.6) is 0 Å². The number of aliphatic hydroxyl groups is 1. The van der Waals surface area contributed by atoms with Crippen molar-refractivity contribution in [2.45, 2.75) is 71.3 Å². The zero-order chi connectivity index (χ0) is 15.5. The molecular formula is C20H28O2. The van der Waals surface area contributed by atoms with Crippen molar-refractivity contribution in [3.63, 3.8) is 0 Å². The van der Waals surface area contributed by atoms with E-state index in [-0.39, 0.29) is 6.10 Å². The molecule has 2 heteroatoms. The number of carbonyl (C=O) groups is 1. The largest absolute Gasteiger partial charge is 0.393 e. The predicted octanol–water partition coefficient (Wildman–Crippen LogP) is 4.19. The first-order valence-corrected chi connectivity index (χ1v) is 9.14. The SMILES string of the molecule is CC(O)C1CCC2C3CCC4=CC(=O)CCC4=C3CCC12C. The van der Waals surface area contributed by atoms with E-state index in [4.69, 9.17) is 0 Å². The van der Waals surface area contributed by atoms with Gasteiger partial charge in [-0.25, -0.2) is 0 Å². The van der Waals surface area contributed by atoms with Gasteiger partial charge in [-0.05, 0) is 92.3 Å². The minimum Gasteiger partial charge on any atom is -0.393 e. The van der Waals surface area contributed by atoms with Crippen molar-refractivity contribution in [2.24, 2.45) is 23.2 Å². The number of rotatable bonds is 1. The molecule has 0 aromatic carbocycles. The van der Waals surface area contributed by atoms with E-state index in [9.17, 15) is 9.90 Å². The van der Waals surface area contributed by atoms with E-state index in [1.807, 2.05) is 13.0 Å². The molecule has 4 aliphatic carbocycles. The molecule has 120 valence electrons. The number of allylic oxidation sites excluding steroid dienone is 4. The first kappa shape index (κ1) is 14.7. The molecule has 0 spiro atoms. The second-order valence-electron chi connectivity index (χ2n) is 8.32. The van der Waals surface area contributed by atoms with Crippen LogP contribution < -0.4 is 0 Å². The molecule has 4 rings (SSSR count). The molecule has 0 amide bonds. The van der Waals surface area contributed by atoms with Gasteiger partial charge in [-0.2, -0.15) is 0 Å². The summed E-state index contributed by atoms with van der Waals surface area (Å²) < 4.78 is 0. The van der Waals surface area contributed by atoms with E-state index in [0.717, 1.165) is 24.7 Å². The van der Waals surface area contributed by atoms with Gasteiger partial charge in [0.15, 0.2) is 5.78 Å². The molecule has 0 heterocycles. The molecule has 0 radical (unpaired) electrons. The highest BCUT2D eigenvalue weighted by atomic mass is 16.3. The third-order valence-electron chi connectivity index (χ3n) is 7.39. The van der Waals surface area contributed by atoms with E-state index in [1.54, 1.807) is 11.1 Å². The third kappa shape index (κ3) is 1.99. The highest BCUT2D eigenvalue weighted by Gasteiger charge is 2.54. The lowest BCUT2D eigenvalue weighted by Gasteiger charge is -2.49. The quantitative estimate of drug-likeness (QED) is 0.788. The van der Waals surface area contributed by atoms with Crippen molar-refractivity contribution in [2.75, 3.05) is 0 Å². The van der Waals surface area contributed by atoms with Crippen LogP contribution in [0.25, 0.3) is 0 Å². The van der Waals surface area contributed by atoms with Gasteiger partial charge in [-0.1, -0.05) is 12.5 Å². The molecule has 2 saturated carbocycles. The van der Waals surface area contributed by atoms with Crippen LogP contribution >= 0.6 is 0 Å². The zero-order valence-electron chi connectivity index (χ0n) is 13.9. The summed E-state index contributed by atoms with van der Waals surface area (Å²) in [5.74, 6) is 2.28. The first-order chi connectivity index (χ1) is 10.5. The summed E-state index contributed by atoms with van der Waals surface area (Å²) in [6, 6.07) is 0. The maximum absolute atomic E-state index is 11.7. The van der Waals surface area contributed by atoms with Crippen molar-refractivity contribution in [3.8, 4) is 0 Å². The molecule has 4 aliphatic rings. The molecule has 0 aromatic rings. The summed E-state index contributed by atoms with van der Waals surface area (Å²) >= 11 is 0. The Bertz CT molecular complexity index is 568. The fourth-order valence-electron chi connectivity index (χ4n) is 6.36. The fourth-order valence-corrected chi connectivity index (χ4v) is 6.36. The van der Waals surface area contributed by atoms with Gasteiger partial charge in [0.05, 0.1) is 6.10 Å². The molecule has 0 aliphatic heterocycles. The second kappa shape index (κ2) is 5.06. The monoisotopic (exact) mass is 300 g/mol. The summed E-state index contributed by atoms with van der Waals surface area (Å²) in [7, 11) is 0. The van der Waals surface area contributed by atoms with Crippen molar-refractivity contribution in [1.82, 2.24) is 0 Å². The Kier molecular flexibility index (Phi) is 3.38. The topological polar surface area (TPSA) is 37.3 Å². The van der Waals surface area contributed by atoms with Crippen LogP contribution in [0.2, 0.25) is 0 Å². The molecule has 0 bridgehead atoms. The van der Waals surface area contributed by atoms with Gasteiger partial charge in [0.25, 0.3) is 0 Å². The molecule has 22 heavy (non-hydrogen) atoms. The number of carbonyl (C=O) groups excluding carboxylic acids is 1. The molecule has 5 unspecified atom stereocenters. The summed E-state index contributed by atoms with van der Waals surface area (Å²) in [6.45, 7) is 4.43. The third-order valence-corrected chi connectivity index (χ3v) is 7.39. The van der Waals surface area contributed by atoms with E-state index in [1.165, 1.54) is 37.7 Å². The van der Waals surface area contributed by atoms with Crippen LogP contribution in [-0.2, 0) is 4.79 Å². The van der Waals surface area contributed by atoms with Crippen LogP contribution in [0, 0.1) is 23.2 Å². The lowest BCUT2D eigenvalue weighted by atomic mass is 9.55. The van der Waals surface area contributed by atoms with Gasteiger partial charge in [0.1, 0.15) is 0 Å². The predicted molar refractivity (Wildman–Crippen MR) is 87.3 cm³/mol. The highest BCUT2D eigenvalue weighted by Crippen LogP contribution is 2.62. The fraction of sp³-hybridized carbons (Fsp3) is 0.750. The number of ketones is 1. The van der Waals surface area contributed by atoms with Crippen LogP contribution in [-0.4, -0.2) is 17.0 Å². The van der Waals surface area contributed by atoms with Gasteiger partial charge in [0.2, 0.25) is 0 Å². The molecule has 5 atom stereocenters. The zero-order valence-corrected chi connectivity index (χ0v) is 13.9. The number of fused-ring (bicyclic) bond motifs is 4. The van der Waals surface area contributed by atoms with E-state index < -0.39 is 0 Å². The van der Waals surface area contributed by atoms with Gasteiger partial charge in [-0.3, -0.25) is 4.79 Å². The Labute approximate surface area is 133 Å². The minimum absolute atomic E-state index is 0.171. The Morgan fingerprint density at radius 1 is 1.18 bits per heavy atom. The Balaban J connectivity index is 1.70. The lowest BCUT2D eigenvalue weighted by Crippen LogP contribution is -2.42. The molecule has 2 fully saturated rings. The Morgan fingerprint density at radius 2 is 2.00 bits per heavy atom. The van der Waals surface area contributed by atoms with Crippen molar-refractivity contribution >= 4 is 5.78 Å². The van der Waals surface area contributed by atoms with Crippen LogP contribution in [0.3, 0.4) is 0 Å². The van der Waals surface area contributed by atoms with Crippen LogP contribution in [0.1, 0.15) is 65.2 Å². The van der Waals surface area contributed by atoms with E-state index in [2.05, 4.69) is 6.92 Å². The van der Waals surface area contributed by atoms with Crippen molar-refractivity contribution in [3.05, 3.63) is 22.8 Å². The minimum atomic E-state index is -0.171. The van der Waals surface area contributed by atoms with Crippen molar-refractivity contribution in [1.29, 1.82) is 0 Å². The average Bonchev–Trinajstić information content (AvgIpc) is 2.84. The van der Waals surface area contributed by atoms with E-state index in [0.29, 0.717) is 23.5 Å². The first-order valence-electron chi connectivity index (χ1n) is 9.14. The highest BCUT2D eigenvalue weighted by molar-refractivity contribution is 5.93. The van der Waals surface area contributed by atoms with Gasteiger partial charge >= 0.3 is 0 Å². The summed E-state index contributed by atoms with van der Waals surface area (Å²) in [4.78, 5) is 11.7. The van der Waals surface area contributed by atoms with Crippen molar-refractivity contribution < 1.29 is 9.90 Å². The maximum atomic E-state index is 11.7. The summed E-state index contributed by atoms with van der Waals surface area (Å²) in [5.41, 5.74) is 4.93. The van der Waals surface area contributed by atoms with Crippen LogP contribution in [0.4, 0.5) is 0 Å². The van der Waals surface area contributed by atoms with Crippen LogP contribution in [0.15, 0.2) is 22.8 Å². The second-order valence-corrected chi connectivity index (χ2v) is 8.32. The molecule has 2 nitrogen and oxygen atoms in total. The summed E-state index contributed by atoms with van der Waals surface area (Å²) in [5, 5.41) is 10.2. The molecule has 0 aromatic heterocycles. The molecule has 1 N–H and O–H groups in total. The average molecular weight is 300 g/mol. The Hall–Kier alpha value is -0.890. The number of hydrogen-bond acceptors (Lipinski definition) is 2. The van der Waals surface area contributed by atoms with Gasteiger partial charge < -0.3 is 5.11 Å². The standard InChI is InChI=1S/C20H28O2/c1-12(21)18-7-8-19-17-5-3-13-11-14(22)4-6-15(13)16(17)9-10-20(18,19)2/h11-12,17-19,21H,3-10H2,1-2H3. The summed E-state index contributed by atoms with van der Waals surface area (Å²) in [6.07, 6.45) is 10.7. The normalized spacial score (nSPS) is 42.4. The number of aliphatic hydroxyl groups excluding tert-OH is 1.